The molecule has 2 N–H and O–H groups in total. The van der Waals surface area contributed by atoms with Gasteiger partial charge in [0.15, 0.2) is 0 Å². The first-order chi connectivity index (χ1) is 10.2. The Morgan fingerprint density at radius 2 is 1.68 bits per heavy atom. The lowest BCUT2D eigenvalue weighted by Gasteiger charge is -2.46. The molecule has 2 unspecified atom stereocenters. The molecule has 1 aliphatic carbocycles. The van der Waals surface area contributed by atoms with E-state index < -0.39 is 25.9 Å². The maximum Gasteiger partial charge on any atom is 0.409 e. The smallest absolute Gasteiger partial charge is 0.409 e. The summed E-state index contributed by atoms with van der Waals surface area (Å²) in [6.45, 7) is 4.03. The third kappa shape index (κ3) is 6.03. The summed E-state index contributed by atoms with van der Waals surface area (Å²) in [7, 11) is 0. The van der Waals surface area contributed by atoms with Crippen LogP contribution in [0.1, 0.15) is 40.0 Å². The Bertz CT molecular complexity index is 406. The maximum absolute atomic E-state index is 12.0. The lowest BCUT2D eigenvalue weighted by molar-refractivity contribution is 0.0517. The van der Waals surface area contributed by atoms with Gasteiger partial charge in [0, 0.05) is 12.6 Å². The second kappa shape index (κ2) is 7.60. The Hall–Kier alpha value is -1.60. The van der Waals surface area contributed by atoms with Gasteiger partial charge in [0.25, 0.3) is 0 Å². The van der Waals surface area contributed by atoms with Crippen LogP contribution in [0.3, 0.4) is 0 Å². The van der Waals surface area contributed by atoms with Gasteiger partial charge in [0.2, 0.25) is 13.7 Å². The molecule has 0 aromatic heterocycles. The summed E-state index contributed by atoms with van der Waals surface area (Å²) in [5.41, 5.74) is -0.378. The monoisotopic (exact) mass is 322 g/mol. The van der Waals surface area contributed by atoms with E-state index >= 15 is 0 Å². The molecule has 0 heterocycles. The normalized spacial score (nSPS) is 26.9. The summed E-state index contributed by atoms with van der Waals surface area (Å²) in [5, 5.41) is 5.16. The number of nitrogens with one attached hydrogen (secondary N) is 2. The van der Waals surface area contributed by atoms with E-state index in [0.29, 0.717) is 13.0 Å². The first kappa shape index (κ1) is 18.4. The van der Waals surface area contributed by atoms with Gasteiger partial charge in [-0.15, -0.1) is 0 Å². The zero-order valence-electron chi connectivity index (χ0n) is 13.2. The average molecular weight is 322 g/mol. The van der Waals surface area contributed by atoms with Crippen LogP contribution in [-0.2, 0) is 9.47 Å². The molecule has 0 aromatic rings. The zero-order chi connectivity index (χ0) is 16.8. The molecule has 1 fully saturated rings. The Kier molecular flexibility index (Phi) is 6.37. The minimum Gasteiger partial charge on any atom is -0.418 e. The maximum atomic E-state index is 12.0. The van der Waals surface area contributed by atoms with E-state index in [1.807, 2.05) is 6.92 Å². The van der Waals surface area contributed by atoms with Gasteiger partial charge in [-0.1, -0.05) is 20.8 Å². The van der Waals surface area contributed by atoms with Crippen molar-refractivity contribution >= 4 is 12.2 Å². The molecule has 8 heteroatoms. The summed E-state index contributed by atoms with van der Waals surface area (Å²) < 4.78 is 32.4. The highest BCUT2D eigenvalue weighted by Crippen LogP contribution is 2.45. The second-order valence-electron chi connectivity index (χ2n) is 6.84. The number of ether oxygens (including phenoxy) is 2. The van der Waals surface area contributed by atoms with Crippen molar-refractivity contribution in [3.8, 4) is 0 Å². The number of alkyl halides is 2. The predicted octanol–water partition coefficient (Wildman–Crippen LogP) is 2.88. The number of carbonyl (C=O) groups excluding carboxylic acids is 2. The molecule has 0 aliphatic heterocycles. The van der Waals surface area contributed by atoms with Crippen molar-refractivity contribution in [2.75, 3.05) is 20.3 Å². The lowest BCUT2D eigenvalue weighted by atomic mass is 9.62. The van der Waals surface area contributed by atoms with Crippen LogP contribution >= 0.6 is 0 Å². The van der Waals surface area contributed by atoms with Crippen LogP contribution in [0, 0.1) is 10.8 Å². The Labute approximate surface area is 128 Å². The molecule has 0 radical (unpaired) electrons. The van der Waals surface area contributed by atoms with Crippen molar-refractivity contribution in [1.82, 2.24) is 10.6 Å². The summed E-state index contributed by atoms with van der Waals surface area (Å²) >= 11 is 0. The number of carbonyl (C=O) groups is 2. The number of hydrogen-bond donors (Lipinski definition) is 2. The molecular weight excluding hydrogens is 298 g/mol. The molecule has 128 valence electrons. The predicted molar refractivity (Wildman–Crippen MR) is 75.6 cm³/mol. The molecule has 22 heavy (non-hydrogen) atoms. The van der Waals surface area contributed by atoms with Gasteiger partial charge >= 0.3 is 12.2 Å². The minimum absolute atomic E-state index is 0.0770. The third-order valence-corrected chi connectivity index (χ3v) is 3.80. The summed E-state index contributed by atoms with van der Waals surface area (Å²) in [6, 6.07) is -0.188. The number of amides is 2. The highest BCUT2D eigenvalue weighted by atomic mass is 19.1. The summed E-state index contributed by atoms with van der Waals surface area (Å²) in [4.78, 5) is 22.6. The number of alkyl carbamates (subject to hydrolysis) is 2. The molecule has 0 spiro atoms. The zero-order valence-corrected chi connectivity index (χ0v) is 13.2. The fourth-order valence-corrected chi connectivity index (χ4v) is 3.51. The molecule has 0 aromatic carbocycles. The lowest BCUT2D eigenvalue weighted by Crippen LogP contribution is -2.50. The summed E-state index contributed by atoms with van der Waals surface area (Å²) in [5.74, 6) is 0. The standard InChI is InChI=1S/C14H24F2N2O4/c1-13(2)4-10(18-12(20)22-9-16)5-14(3,6-13)7-17-11(19)21-8-15/h10H,4-9H2,1-3H3,(H,17,19)(H,18,20). The first-order valence-electron chi connectivity index (χ1n) is 7.15. The molecule has 2 atom stereocenters. The van der Waals surface area contributed by atoms with Crippen molar-refractivity contribution in [2.45, 2.75) is 46.1 Å². The van der Waals surface area contributed by atoms with Crippen molar-refractivity contribution in [3.63, 3.8) is 0 Å². The highest BCUT2D eigenvalue weighted by Gasteiger charge is 2.42. The molecule has 1 rings (SSSR count). The fraction of sp³-hybridized carbons (Fsp3) is 0.857. The largest absolute Gasteiger partial charge is 0.418 e. The van der Waals surface area contributed by atoms with Crippen LogP contribution in [0.15, 0.2) is 0 Å². The van der Waals surface area contributed by atoms with Gasteiger partial charge in [0.1, 0.15) is 0 Å². The van der Waals surface area contributed by atoms with Crippen molar-refractivity contribution in [3.05, 3.63) is 0 Å². The SMILES string of the molecule is CC1(C)CC(NC(=O)OCF)CC(C)(CNC(=O)OCF)C1. The van der Waals surface area contributed by atoms with E-state index in [1.165, 1.54) is 0 Å². The van der Waals surface area contributed by atoms with Crippen molar-refractivity contribution < 1.29 is 27.8 Å². The molecule has 1 aliphatic rings. The van der Waals surface area contributed by atoms with Crippen LogP contribution in [0.4, 0.5) is 18.4 Å². The van der Waals surface area contributed by atoms with Gasteiger partial charge in [-0.3, -0.25) is 0 Å². The minimum atomic E-state index is -1.17. The quantitative estimate of drug-likeness (QED) is 0.816. The van der Waals surface area contributed by atoms with Crippen LogP contribution in [0.25, 0.3) is 0 Å². The molecule has 2 amide bonds. The Balaban J connectivity index is 2.65. The number of hydrogen-bond acceptors (Lipinski definition) is 4. The average Bonchev–Trinajstić information content (AvgIpc) is 2.34. The second-order valence-corrected chi connectivity index (χ2v) is 6.84. The van der Waals surface area contributed by atoms with E-state index in [1.54, 1.807) is 0 Å². The molecule has 0 saturated heterocycles. The van der Waals surface area contributed by atoms with E-state index in [4.69, 9.17) is 0 Å². The van der Waals surface area contributed by atoms with Gasteiger partial charge in [-0.05, 0) is 30.1 Å². The third-order valence-electron chi connectivity index (χ3n) is 3.80. The molecule has 6 nitrogen and oxygen atoms in total. The fourth-order valence-electron chi connectivity index (χ4n) is 3.51. The Morgan fingerprint density at radius 1 is 1.09 bits per heavy atom. The Morgan fingerprint density at radius 3 is 2.27 bits per heavy atom. The van der Waals surface area contributed by atoms with Gasteiger partial charge in [0.05, 0.1) is 0 Å². The highest BCUT2D eigenvalue weighted by molar-refractivity contribution is 5.67. The van der Waals surface area contributed by atoms with Crippen LogP contribution in [-0.4, -0.2) is 38.5 Å². The number of rotatable bonds is 5. The van der Waals surface area contributed by atoms with Gasteiger partial charge in [-0.25, -0.2) is 18.4 Å². The number of halogens is 2. The van der Waals surface area contributed by atoms with E-state index in [-0.39, 0.29) is 16.9 Å². The van der Waals surface area contributed by atoms with E-state index in [2.05, 4.69) is 34.0 Å². The van der Waals surface area contributed by atoms with Crippen molar-refractivity contribution in [2.24, 2.45) is 10.8 Å². The molecular formula is C14H24F2N2O4. The van der Waals surface area contributed by atoms with Crippen molar-refractivity contribution in [1.29, 1.82) is 0 Å². The van der Waals surface area contributed by atoms with Crippen LogP contribution in [0.5, 0.6) is 0 Å². The van der Waals surface area contributed by atoms with Gasteiger partial charge < -0.3 is 20.1 Å². The molecule has 0 bridgehead atoms. The van der Waals surface area contributed by atoms with Crippen LogP contribution in [0.2, 0.25) is 0 Å². The van der Waals surface area contributed by atoms with E-state index in [9.17, 15) is 18.4 Å². The van der Waals surface area contributed by atoms with Crippen LogP contribution < -0.4 is 10.6 Å². The van der Waals surface area contributed by atoms with E-state index in [0.717, 1.165) is 12.8 Å². The summed E-state index contributed by atoms with van der Waals surface area (Å²) in [6.07, 6.45) is 0.518. The van der Waals surface area contributed by atoms with Gasteiger partial charge in [-0.2, -0.15) is 0 Å². The first-order valence-corrected chi connectivity index (χ1v) is 7.15. The topological polar surface area (TPSA) is 76.7 Å². The molecule has 1 saturated carbocycles.